The zero-order valence-electron chi connectivity index (χ0n) is 8.64. The van der Waals surface area contributed by atoms with Crippen LogP contribution >= 0.6 is 0 Å². The van der Waals surface area contributed by atoms with Gasteiger partial charge in [0.05, 0.1) is 12.0 Å². The Morgan fingerprint density at radius 1 is 1.53 bits per heavy atom. The zero-order chi connectivity index (χ0) is 10.9. The summed E-state index contributed by atoms with van der Waals surface area (Å²) in [6.07, 6.45) is 0.681. The van der Waals surface area contributed by atoms with E-state index >= 15 is 0 Å². The molecule has 0 heterocycles. The summed E-state index contributed by atoms with van der Waals surface area (Å²) in [4.78, 5) is 11.3. The Kier molecular flexibility index (Phi) is 2.49. The van der Waals surface area contributed by atoms with E-state index in [1.54, 1.807) is 7.11 Å². The van der Waals surface area contributed by atoms with Crippen LogP contribution < -0.4 is 0 Å². The molecule has 0 amide bonds. The van der Waals surface area contributed by atoms with Crippen LogP contribution in [-0.2, 0) is 14.9 Å². The highest BCUT2D eigenvalue weighted by Gasteiger charge is 2.61. The van der Waals surface area contributed by atoms with Gasteiger partial charge in [0, 0.05) is 13.0 Å². The Morgan fingerprint density at radius 3 is 2.73 bits per heavy atom. The van der Waals surface area contributed by atoms with Crippen molar-refractivity contribution in [3.8, 4) is 0 Å². The molecule has 80 valence electrons. The summed E-state index contributed by atoms with van der Waals surface area (Å²) >= 11 is 0. The van der Waals surface area contributed by atoms with E-state index in [-0.39, 0.29) is 5.92 Å². The van der Waals surface area contributed by atoms with E-state index in [9.17, 15) is 9.90 Å². The fraction of sp³-hybridized carbons (Fsp3) is 0.417. The van der Waals surface area contributed by atoms with Gasteiger partial charge in [-0.25, -0.2) is 0 Å². The Bertz CT molecular complexity index is 360. The molecule has 1 aromatic rings. The van der Waals surface area contributed by atoms with E-state index in [0.717, 1.165) is 5.56 Å². The molecule has 1 aliphatic rings. The molecule has 1 aliphatic carbocycles. The lowest BCUT2D eigenvalue weighted by molar-refractivity contribution is -0.140. The number of benzene rings is 1. The van der Waals surface area contributed by atoms with Gasteiger partial charge >= 0.3 is 5.97 Å². The zero-order valence-corrected chi connectivity index (χ0v) is 8.64. The van der Waals surface area contributed by atoms with Crippen molar-refractivity contribution in [3.63, 3.8) is 0 Å². The second-order valence-corrected chi connectivity index (χ2v) is 4.00. The normalized spacial score (nSPS) is 28.7. The first kappa shape index (κ1) is 10.2. The van der Waals surface area contributed by atoms with Crippen LogP contribution in [0.1, 0.15) is 12.0 Å². The average molecular weight is 206 g/mol. The van der Waals surface area contributed by atoms with Crippen LogP contribution in [0.5, 0.6) is 0 Å². The molecule has 0 aliphatic heterocycles. The van der Waals surface area contributed by atoms with Gasteiger partial charge in [0.15, 0.2) is 0 Å². The molecular weight excluding hydrogens is 192 g/mol. The Morgan fingerprint density at radius 2 is 2.20 bits per heavy atom. The van der Waals surface area contributed by atoms with Crippen molar-refractivity contribution < 1.29 is 14.6 Å². The van der Waals surface area contributed by atoms with Crippen LogP contribution in [0.3, 0.4) is 0 Å². The molecular formula is C12H14O3. The quantitative estimate of drug-likeness (QED) is 0.815. The number of carbonyl (C=O) groups is 1. The lowest BCUT2D eigenvalue weighted by Gasteiger charge is -2.12. The SMILES string of the molecule is COC[C@H]1C[C@@]1(C(=O)O)c1ccccc1. The van der Waals surface area contributed by atoms with Crippen molar-refractivity contribution in [2.45, 2.75) is 11.8 Å². The summed E-state index contributed by atoms with van der Waals surface area (Å²) in [5.74, 6) is -0.627. The monoisotopic (exact) mass is 206 g/mol. The Hall–Kier alpha value is -1.35. The summed E-state index contributed by atoms with van der Waals surface area (Å²) in [7, 11) is 1.61. The fourth-order valence-corrected chi connectivity index (χ4v) is 2.21. The number of rotatable bonds is 4. The molecule has 1 saturated carbocycles. The van der Waals surface area contributed by atoms with Crippen molar-refractivity contribution in [3.05, 3.63) is 35.9 Å². The van der Waals surface area contributed by atoms with Gasteiger partial charge in [0.1, 0.15) is 0 Å². The highest BCUT2D eigenvalue weighted by atomic mass is 16.5. The van der Waals surface area contributed by atoms with Crippen molar-refractivity contribution in [1.82, 2.24) is 0 Å². The van der Waals surface area contributed by atoms with Gasteiger partial charge in [-0.15, -0.1) is 0 Å². The van der Waals surface area contributed by atoms with Crippen molar-refractivity contribution in [2.24, 2.45) is 5.92 Å². The standard InChI is InChI=1S/C12H14O3/c1-15-8-10-7-12(10,11(13)14)9-5-3-2-4-6-9/h2-6,10H,7-8H2,1H3,(H,13,14)/t10-,12-/m1/s1. The van der Waals surface area contributed by atoms with Crippen molar-refractivity contribution in [2.75, 3.05) is 13.7 Å². The minimum Gasteiger partial charge on any atom is -0.481 e. The molecule has 2 rings (SSSR count). The van der Waals surface area contributed by atoms with E-state index in [4.69, 9.17) is 4.74 Å². The van der Waals surface area contributed by atoms with E-state index in [0.29, 0.717) is 13.0 Å². The average Bonchev–Trinajstić information content (AvgIpc) is 2.96. The lowest BCUT2D eigenvalue weighted by Crippen LogP contribution is -2.23. The molecule has 0 spiro atoms. The van der Waals surface area contributed by atoms with Gasteiger partial charge in [-0.05, 0) is 12.0 Å². The van der Waals surface area contributed by atoms with Crippen LogP contribution in [0.2, 0.25) is 0 Å². The van der Waals surface area contributed by atoms with Crippen LogP contribution in [-0.4, -0.2) is 24.8 Å². The molecule has 1 N–H and O–H groups in total. The smallest absolute Gasteiger partial charge is 0.314 e. The number of carboxylic acid groups (broad SMARTS) is 1. The van der Waals surface area contributed by atoms with Gasteiger partial charge in [-0.1, -0.05) is 30.3 Å². The molecule has 1 aromatic carbocycles. The summed E-state index contributed by atoms with van der Waals surface area (Å²) in [6, 6.07) is 9.41. The number of carboxylic acids is 1. The third kappa shape index (κ3) is 1.53. The predicted molar refractivity (Wildman–Crippen MR) is 55.7 cm³/mol. The molecule has 3 heteroatoms. The highest BCUT2D eigenvalue weighted by Crippen LogP contribution is 2.54. The second kappa shape index (κ2) is 3.66. The maximum absolute atomic E-state index is 11.3. The molecule has 0 saturated heterocycles. The minimum absolute atomic E-state index is 0.113. The summed E-state index contributed by atoms with van der Waals surface area (Å²) in [5.41, 5.74) is 0.191. The Labute approximate surface area is 88.7 Å². The van der Waals surface area contributed by atoms with Crippen molar-refractivity contribution >= 4 is 5.97 Å². The van der Waals surface area contributed by atoms with Gasteiger partial charge < -0.3 is 9.84 Å². The molecule has 0 unspecified atom stereocenters. The first-order valence-electron chi connectivity index (χ1n) is 4.99. The molecule has 0 bridgehead atoms. The minimum atomic E-state index is -0.740. The molecule has 0 aromatic heterocycles. The van der Waals surface area contributed by atoms with Crippen molar-refractivity contribution in [1.29, 1.82) is 0 Å². The molecule has 3 nitrogen and oxygen atoms in total. The van der Waals surface area contributed by atoms with Gasteiger partial charge in [-0.2, -0.15) is 0 Å². The van der Waals surface area contributed by atoms with E-state index in [1.165, 1.54) is 0 Å². The third-order valence-electron chi connectivity index (χ3n) is 3.14. The van der Waals surface area contributed by atoms with E-state index in [2.05, 4.69) is 0 Å². The van der Waals surface area contributed by atoms with Crippen LogP contribution in [0, 0.1) is 5.92 Å². The second-order valence-electron chi connectivity index (χ2n) is 4.00. The van der Waals surface area contributed by atoms with E-state index in [1.807, 2.05) is 30.3 Å². The summed E-state index contributed by atoms with van der Waals surface area (Å²) < 4.78 is 5.03. The van der Waals surface area contributed by atoms with Crippen LogP contribution in [0.15, 0.2) is 30.3 Å². The molecule has 1 fully saturated rings. The van der Waals surface area contributed by atoms with Crippen LogP contribution in [0.25, 0.3) is 0 Å². The number of methoxy groups -OCH3 is 1. The summed E-state index contributed by atoms with van der Waals surface area (Å²) in [5, 5.41) is 9.30. The number of aliphatic carboxylic acids is 1. The maximum Gasteiger partial charge on any atom is 0.314 e. The summed E-state index contributed by atoms with van der Waals surface area (Å²) in [6.45, 7) is 0.515. The molecule has 2 atom stereocenters. The van der Waals surface area contributed by atoms with Gasteiger partial charge in [0.2, 0.25) is 0 Å². The maximum atomic E-state index is 11.3. The van der Waals surface area contributed by atoms with Crippen LogP contribution in [0.4, 0.5) is 0 Å². The Balaban J connectivity index is 2.28. The lowest BCUT2D eigenvalue weighted by atomic mass is 9.93. The van der Waals surface area contributed by atoms with Gasteiger partial charge in [-0.3, -0.25) is 4.79 Å². The third-order valence-corrected chi connectivity index (χ3v) is 3.14. The first-order valence-corrected chi connectivity index (χ1v) is 4.99. The molecule has 15 heavy (non-hydrogen) atoms. The topological polar surface area (TPSA) is 46.5 Å². The first-order chi connectivity index (χ1) is 7.21. The largest absolute Gasteiger partial charge is 0.481 e. The highest BCUT2D eigenvalue weighted by molar-refractivity contribution is 5.85. The number of hydrogen-bond donors (Lipinski definition) is 1. The van der Waals surface area contributed by atoms with E-state index < -0.39 is 11.4 Å². The van der Waals surface area contributed by atoms with Gasteiger partial charge in [0.25, 0.3) is 0 Å². The number of hydrogen-bond acceptors (Lipinski definition) is 2. The predicted octanol–water partition coefficient (Wildman–Crippen LogP) is 1.68. The fourth-order valence-electron chi connectivity index (χ4n) is 2.21. The molecule has 0 radical (unpaired) electrons. The number of ether oxygens (including phenoxy) is 1.